The Morgan fingerprint density at radius 2 is 2.00 bits per heavy atom. The second-order valence-corrected chi connectivity index (χ2v) is 6.56. The third-order valence-corrected chi connectivity index (χ3v) is 4.43. The van der Waals surface area contributed by atoms with Crippen molar-refractivity contribution in [2.24, 2.45) is 0 Å². The van der Waals surface area contributed by atoms with Gasteiger partial charge in [0.2, 0.25) is 5.78 Å². The fraction of sp³-hybridized carbons (Fsp3) is 0.105. The predicted molar refractivity (Wildman–Crippen MR) is 99.5 cm³/mol. The van der Waals surface area contributed by atoms with Gasteiger partial charge in [0, 0.05) is 6.08 Å². The molecule has 27 heavy (non-hydrogen) atoms. The fourth-order valence-electron chi connectivity index (χ4n) is 2.20. The first-order valence-electron chi connectivity index (χ1n) is 7.96. The molecule has 138 valence electrons. The number of ether oxygens (including phenoxy) is 1. The summed E-state index contributed by atoms with van der Waals surface area (Å²) in [4.78, 5) is 37.2. The van der Waals surface area contributed by atoms with Crippen LogP contribution in [0.5, 0.6) is 5.75 Å². The Morgan fingerprint density at radius 1 is 1.22 bits per heavy atom. The van der Waals surface area contributed by atoms with Crippen LogP contribution in [-0.4, -0.2) is 28.4 Å². The van der Waals surface area contributed by atoms with Gasteiger partial charge in [-0.25, -0.2) is 0 Å². The number of nitrogens with one attached hydrogen (secondary N) is 1. The van der Waals surface area contributed by atoms with Gasteiger partial charge in [-0.3, -0.25) is 14.4 Å². The number of aliphatic carboxylic acids is 1. The molecule has 0 saturated heterocycles. The van der Waals surface area contributed by atoms with Gasteiger partial charge in [0.05, 0.1) is 28.5 Å². The van der Waals surface area contributed by atoms with Crippen molar-refractivity contribution >= 4 is 35.2 Å². The number of H-pyrrole nitrogens is 1. The van der Waals surface area contributed by atoms with Crippen molar-refractivity contribution < 1.29 is 23.8 Å². The van der Waals surface area contributed by atoms with E-state index in [0.717, 1.165) is 16.9 Å². The third kappa shape index (κ3) is 5.05. The van der Waals surface area contributed by atoms with E-state index in [1.165, 1.54) is 12.3 Å². The number of ketones is 1. The number of benzene rings is 1. The van der Waals surface area contributed by atoms with Gasteiger partial charge in [0.1, 0.15) is 5.75 Å². The molecule has 0 fully saturated rings. The summed E-state index contributed by atoms with van der Waals surface area (Å²) >= 11 is 1.16. The van der Waals surface area contributed by atoms with Gasteiger partial charge in [0.15, 0.2) is 5.76 Å². The molecule has 2 N–H and O–H groups in total. The van der Waals surface area contributed by atoms with Gasteiger partial charge in [0.25, 0.3) is 5.56 Å². The Bertz CT molecular complexity index is 1110. The van der Waals surface area contributed by atoms with Crippen LogP contribution in [0.1, 0.15) is 22.5 Å². The van der Waals surface area contributed by atoms with Crippen LogP contribution in [0.15, 0.2) is 51.9 Å². The first kappa shape index (κ1) is 18.4. The van der Waals surface area contributed by atoms with Crippen molar-refractivity contribution in [3.8, 4) is 5.75 Å². The quantitative estimate of drug-likeness (QED) is 0.595. The van der Waals surface area contributed by atoms with Crippen LogP contribution in [0.3, 0.4) is 0 Å². The molecule has 0 aliphatic carbocycles. The summed E-state index contributed by atoms with van der Waals surface area (Å²) in [6.07, 6.45) is 4.35. The summed E-state index contributed by atoms with van der Waals surface area (Å²) < 4.78 is 11.2. The molecule has 0 saturated carbocycles. The summed E-state index contributed by atoms with van der Waals surface area (Å²) in [7, 11) is 0. The first-order chi connectivity index (χ1) is 13.0. The molecule has 0 unspecified atom stereocenters. The molecule has 2 aromatic heterocycles. The van der Waals surface area contributed by atoms with Crippen molar-refractivity contribution in [1.82, 2.24) is 4.98 Å². The number of aromatic nitrogens is 1. The number of hydrogen-bond acceptors (Lipinski definition) is 6. The van der Waals surface area contributed by atoms with Crippen molar-refractivity contribution in [3.05, 3.63) is 73.5 Å². The highest BCUT2D eigenvalue weighted by atomic mass is 32.1. The lowest BCUT2D eigenvalue weighted by molar-refractivity contribution is -0.137. The van der Waals surface area contributed by atoms with Crippen molar-refractivity contribution in [2.45, 2.75) is 6.42 Å². The minimum atomic E-state index is -0.921. The van der Waals surface area contributed by atoms with Crippen LogP contribution in [0.25, 0.3) is 12.2 Å². The molecule has 3 aromatic rings. The molecule has 7 nitrogen and oxygen atoms in total. The lowest BCUT2D eigenvalue weighted by atomic mass is 10.2. The van der Waals surface area contributed by atoms with Crippen LogP contribution >= 0.6 is 11.3 Å². The Hall–Kier alpha value is -3.39. The molecule has 0 radical (unpaired) electrons. The van der Waals surface area contributed by atoms with E-state index in [1.807, 2.05) is 0 Å². The van der Waals surface area contributed by atoms with E-state index in [-0.39, 0.29) is 30.1 Å². The number of aromatic amines is 1. The van der Waals surface area contributed by atoms with Gasteiger partial charge in [-0.05, 0) is 35.9 Å². The highest BCUT2D eigenvalue weighted by Gasteiger charge is 2.05. The van der Waals surface area contributed by atoms with Crippen LogP contribution in [0.4, 0.5) is 0 Å². The number of furan rings is 1. The number of carbonyl (C=O) groups is 2. The average Bonchev–Trinajstić information content (AvgIpc) is 3.27. The standard InChI is InChI=1S/C19H15NO6S/c21-14(15-2-1-8-26-15)11-17-20-19(24)16(27-17)10-12-3-5-13(6-4-12)25-9-7-18(22)23/h1-6,8,10-11H,7,9H2,(H,20,24)(H,22,23)/b16-10+,17-11-. The van der Waals surface area contributed by atoms with Crippen LogP contribution in [0, 0.1) is 0 Å². The summed E-state index contributed by atoms with van der Waals surface area (Å²) in [5, 5.41) is 8.59. The number of carbonyl (C=O) groups excluding carboxylic acids is 1. The maximum Gasteiger partial charge on any atom is 0.306 e. The summed E-state index contributed by atoms with van der Waals surface area (Å²) in [5.41, 5.74) is 0.483. The van der Waals surface area contributed by atoms with E-state index in [0.29, 0.717) is 14.9 Å². The maximum atomic E-state index is 12.1. The molecule has 3 rings (SSSR count). The van der Waals surface area contributed by atoms with Crippen molar-refractivity contribution in [2.75, 3.05) is 6.61 Å². The molecule has 0 amide bonds. The maximum absolute atomic E-state index is 12.1. The smallest absolute Gasteiger partial charge is 0.306 e. The van der Waals surface area contributed by atoms with E-state index in [1.54, 1.807) is 42.5 Å². The largest absolute Gasteiger partial charge is 0.493 e. The van der Waals surface area contributed by atoms with E-state index < -0.39 is 5.97 Å². The SMILES string of the molecule is O=C(O)CCOc1ccc(/C=c2/s/c(=C\C(=O)c3ccco3)[nH]c2=O)cc1. The molecule has 8 heteroatoms. The van der Waals surface area contributed by atoms with Gasteiger partial charge >= 0.3 is 5.97 Å². The predicted octanol–water partition coefficient (Wildman–Crippen LogP) is 1.38. The molecular weight excluding hydrogens is 370 g/mol. The van der Waals surface area contributed by atoms with E-state index in [4.69, 9.17) is 14.3 Å². The number of carboxylic acids is 1. The molecular formula is C19H15NO6S. The van der Waals surface area contributed by atoms with Gasteiger partial charge in [-0.15, -0.1) is 11.3 Å². The number of rotatable bonds is 7. The lowest BCUT2D eigenvalue weighted by Gasteiger charge is -2.04. The number of Topliss-reactive ketones (excluding diaryl/α,β-unsaturated/α-hetero) is 1. The molecule has 0 atom stereocenters. The summed E-state index contributed by atoms with van der Waals surface area (Å²) in [6, 6.07) is 10.1. The number of thiazole rings is 1. The number of carboxylic acid groups (broad SMARTS) is 1. The molecule has 2 heterocycles. The van der Waals surface area contributed by atoms with Gasteiger partial charge in [-0.1, -0.05) is 12.1 Å². The van der Waals surface area contributed by atoms with Gasteiger partial charge in [-0.2, -0.15) is 0 Å². The second-order valence-electron chi connectivity index (χ2n) is 5.48. The van der Waals surface area contributed by atoms with Crippen molar-refractivity contribution in [1.29, 1.82) is 0 Å². The Kier molecular flexibility index (Phi) is 5.68. The normalized spacial score (nSPS) is 12.3. The minimum absolute atomic E-state index is 0.0749. The zero-order valence-corrected chi connectivity index (χ0v) is 14.8. The van der Waals surface area contributed by atoms with E-state index >= 15 is 0 Å². The van der Waals surface area contributed by atoms with E-state index in [2.05, 4.69) is 4.98 Å². The zero-order valence-electron chi connectivity index (χ0n) is 14.0. The van der Waals surface area contributed by atoms with Gasteiger partial charge < -0.3 is 19.2 Å². The molecule has 0 aliphatic rings. The molecule has 0 spiro atoms. The van der Waals surface area contributed by atoms with Crippen LogP contribution in [0.2, 0.25) is 0 Å². The first-order valence-corrected chi connectivity index (χ1v) is 8.78. The second kappa shape index (κ2) is 8.33. The Balaban J connectivity index is 1.77. The molecule has 0 aliphatic heterocycles. The lowest BCUT2D eigenvalue weighted by Crippen LogP contribution is -2.19. The van der Waals surface area contributed by atoms with E-state index in [9.17, 15) is 14.4 Å². The van der Waals surface area contributed by atoms with Crippen molar-refractivity contribution in [3.63, 3.8) is 0 Å². The third-order valence-electron chi connectivity index (χ3n) is 3.47. The monoisotopic (exact) mass is 385 g/mol. The molecule has 0 bridgehead atoms. The van der Waals surface area contributed by atoms with Crippen LogP contribution in [-0.2, 0) is 4.79 Å². The Morgan fingerprint density at radius 3 is 2.67 bits per heavy atom. The average molecular weight is 385 g/mol. The number of hydrogen-bond donors (Lipinski definition) is 2. The summed E-state index contributed by atoms with van der Waals surface area (Å²) in [6.45, 7) is 0.0892. The highest BCUT2D eigenvalue weighted by Crippen LogP contribution is 2.12. The van der Waals surface area contributed by atoms with Crippen LogP contribution < -0.4 is 19.5 Å². The highest BCUT2D eigenvalue weighted by molar-refractivity contribution is 7.07. The topological polar surface area (TPSA) is 110 Å². The fourth-order valence-corrected chi connectivity index (χ4v) is 3.09. The zero-order chi connectivity index (χ0) is 19.2. The molecule has 1 aromatic carbocycles. The summed E-state index contributed by atoms with van der Waals surface area (Å²) in [5.74, 6) is -0.498. The Labute approximate surface area is 156 Å². The minimum Gasteiger partial charge on any atom is -0.493 e.